The normalized spacial score (nSPS) is 12.2. The van der Waals surface area contributed by atoms with Crippen LogP contribution in [0.3, 0.4) is 0 Å². The zero-order valence-corrected chi connectivity index (χ0v) is 9.29. The SMILES string of the molecule is CC(=O)c1cccc(NCC(O)CCl)c1. The van der Waals surface area contributed by atoms with Gasteiger partial charge in [-0.3, -0.25) is 4.79 Å². The monoisotopic (exact) mass is 227 g/mol. The van der Waals surface area contributed by atoms with Crippen LogP contribution in [0.15, 0.2) is 24.3 Å². The first-order valence-corrected chi connectivity index (χ1v) is 5.26. The Bertz CT molecular complexity index is 341. The minimum absolute atomic E-state index is 0.0246. The van der Waals surface area contributed by atoms with Gasteiger partial charge in [0.1, 0.15) is 0 Å². The molecule has 1 atom stereocenters. The van der Waals surface area contributed by atoms with Crippen molar-refractivity contribution in [2.24, 2.45) is 0 Å². The van der Waals surface area contributed by atoms with Gasteiger partial charge in [0.2, 0.25) is 0 Å². The second-order valence-electron chi connectivity index (χ2n) is 3.33. The number of anilines is 1. The molecule has 4 heteroatoms. The Hall–Kier alpha value is -1.06. The fourth-order valence-corrected chi connectivity index (χ4v) is 1.25. The third-order valence-corrected chi connectivity index (χ3v) is 2.35. The average molecular weight is 228 g/mol. The van der Waals surface area contributed by atoms with E-state index < -0.39 is 6.10 Å². The molecule has 0 heterocycles. The maximum Gasteiger partial charge on any atom is 0.159 e. The van der Waals surface area contributed by atoms with E-state index in [1.54, 1.807) is 18.2 Å². The summed E-state index contributed by atoms with van der Waals surface area (Å²) >= 11 is 5.46. The van der Waals surface area contributed by atoms with Crippen molar-refractivity contribution < 1.29 is 9.90 Å². The van der Waals surface area contributed by atoms with Gasteiger partial charge in [-0.15, -0.1) is 11.6 Å². The van der Waals surface area contributed by atoms with Gasteiger partial charge in [0.05, 0.1) is 12.0 Å². The van der Waals surface area contributed by atoms with Crippen molar-refractivity contribution in [3.8, 4) is 0 Å². The number of nitrogens with one attached hydrogen (secondary N) is 1. The van der Waals surface area contributed by atoms with Gasteiger partial charge in [0.15, 0.2) is 5.78 Å². The largest absolute Gasteiger partial charge is 0.390 e. The van der Waals surface area contributed by atoms with Crippen molar-refractivity contribution in [3.05, 3.63) is 29.8 Å². The molecule has 0 aliphatic rings. The van der Waals surface area contributed by atoms with E-state index in [2.05, 4.69) is 5.32 Å². The maximum absolute atomic E-state index is 11.1. The van der Waals surface area contributed by atoms with Gasteiger partial charge >= 0.3 is 0 Å². The van der Waals surface area contributed by atoms with Crippen molar-refractivity contribution in [1.29, 1.82) is 0 Å². The lowest BCUT2D eigenvalue weighted by Crippen LogP contribution is -2.20. The van der Waals surface area contributed by atoms with Crippen LogP contribution in [0.1, 0.15) is 17.3 Å². The number of rotatable bonds is 5. The summed E-state index contributed by atoms with van der Waals surface area (Å²) in [7, 11) is 0. The molecule has 3 nitrogen and oxygen atoms in total. The lowest BCUT2D eigenvalue weighted by Gasteiger charge is -2.10. The molecule has 0 saturated carbocycles. The molecule has 0 aliphatic heterocycles. The van der Waals surface area contributed by atoms with E-state index in [1.165, 1.54) is 6.92 Å². The van der Waals surface area contributed by atoms with Crippen LogP contribution in [-0.4, -0.2) is 29.4 Å². The van der Waals surface area contributed by atoms with E-state index in [-0.39, 0.29) is 11.7 Å². The van der Waals surface area contributed by atoms with Crippen LogP contribution in [0.4, 0.5) is 5.69 Å². The Kier molecular flexibility index (Phi) is 4.59. The molecule has 0 amide bonds. The van der Waals surface area contributed by atoms with Crippen LogP contribution in [-0.2, 0) is 0 Å². The molecule has 0 radical (unpaired) electrons. The summed E-state index contributed by atoms with van der Waals surface area (Å²) in [5, 5.41) is 12.2. The summed E-state index contributed by atoms with van der Waals surface area (Å²) in [6.45, 7) is 1.90. The highest BCUT2D eigenvalue weighted by molar-refractivity contribution is 6.18. The predicted molar refractivity (Wildman–Crippen MR) is 61.7 cm³/mol. The van der Waals surface area contributed by atoms with Gasteiger partial charge in [0.25, 0.3) is 0 Å². The Morgan fingerprint density at radius 3 is 2.93 bits per heavy atom. The molecule has 1 unspecified atom stereocenters. The molecular weight excluding hydrogens is 214 g/mol. The van der Waals surface area contributed by atoms with E-state index in [0.29, 0.717) is 12.1 Å². The first kappa shape index (κ1) is 12.0. The number of ketones is 1. The summed E-state index contributed by atoms with van der Waals surface area (Å²) in [5.41, 5.74) is 1.47. The standard InChI is InChI=1S/C11H14ClNO2/c1-8(14)9-3-2-4-10(5-9)13-7-11(15)6-12/h2-5,11,13,15H,6-7H2,1H3. The molecule has 0 bridgehead atoms. The van der Waals surface area contributed by atoms with Crippen LogP contribution in [0.2, 0.25) is 0 Å². The minimum Gasteiger partial charge on any atom is -0.390 e. The fraction of sp³-hybridized carbons (Fsp3) is 0.364. The molecule has 0 aromatic heterocycles. The van der Waals surface area contributed by atoms with Crippen molar-refractivity contribution in [2.45, 2.75) is 13.0 Å². The molecule has 82 valence electrons. The second-order valence-corrected chi connectivity index (χ2v) is 3.63. The first-order valence-electron chi connectivity index (χ1n) is 4.72. The van der Waals surface area contributed by atoms with Gasteiger partial charge in [-0.2, -0.15) is 0 Å². The molecule has 0 spiro atoms. The quantitative estimate of drug-likeness (QED) is 0.597. The molecule has 0 saturated heterocycles. The summed E-state index contributed by atoms with van der Waals surface area (Å²) in [6, 6.07) is 7.15. The molecule has 1 aromatic carbocycles. The number of hydrogen-bond acceptors (Lipinski definition) is 3. The number of hydrogen-bond donors (Lipinski definition) is 2. The number of aliphatic hydroxyl groups excluding tert-OH is 1. The maximum atomic E-state index is 11.1. The number of aliphatic hydroxyl groups is 1. The van der Waals surface area contributed by atoms with E-state index in [0.717, 1.165) is 5.69 Å². The number of halogens is 1. The Morgan fingerprint density at radius 1 is 1.60 bits per heavy atom. The Morgan fingerprint density at radius 2 is 2.33 bits per heavy atom. The van der Waals surface area contributed by atoms with Crippen molar-refractivity contribution in [1.82, 2.24) is 0 Å². The minimum atomic E-state index is -0.576. The van der Waals surface area contributed by atoms with Gasteiger partial charge in [-0.1, -0.05) is 12.1 Å². The zero-order valence-electron chi connectivity index (χ0n) is 8.53. The number of carbonyl (C=O) groups excluding carboxylic acids is 1. The molecule has 0 fully saturated rings. The van der Waals surface area contributed by atoms with Crippen molar-refractivity contribution >= 4 is 23.1 Å². The smallest absolute Gasteiger partial charge is 0.159 e. The predicted octanol–water partition coefficient (Wildman–Crippen LogP) is 1.90. The first-order chi connectivity index (χ1) is 7.13. The van der Waals surface area contributed by atoms with Crippen LogP contribution in [0.25, 0.3) is 0 Å². The van der Waals surface area contributed by atoms with Crippen LogP contribution in [0.5, 0.6) is 0 Å². The highest BCUT2D eigenvalue weighted by Crippen LogP contribution is 2.11. The van der Waals surface area contributed by atoms with Crippen LogP contribution in [0, 0.1) is 0 Å². The molecule has 1 aromatic rings. The van der Waals surface area contributed by atoms with E-state index in [9.17, 15) is 9.90 Å². The summed E-state index contributed by atoms with van der Waals surface area (Å²) in [6.07, 6.45) is -0.576. The number of Topliss-reactive ketones (excluding diaryl/α,β-unsaturated/α-hetero) is 1. The van der Waals surface area contributed by atoms with Gasteiger partial charge < -0.3 is 10.4 Å². The number of alkyl halides is 1. The molecular formula is C11H14ClNO2. The second kappa shape index (κ2) is 5.73. The Balaban J connectivity index is 2.62. The topological polar surface area (TPSA) is 49.3 Å². The molecule has 15 heavy (non-hydrogen) atoms. The van der Waals surface area contributed by atoms with E-state index >= 15 is 0 Å². The summed E-state index contributed by atoms with van der Waals surface area (Å²) in [5.74, 6) is 0.218. The average Bonchev–Trinajstić information content (AvgIpc) is 2.26. The highest BCUT2D eigenvalue weighted by Gasteiger charge is 2.03. The van der Waals surface area contributed by atoms with Crippen LogP contribution >= 0.6 is 11.6 Å². The molecule has 0 aliphatic carbocycles. The number of carbonyl (C=O) groups is 1. The van der Waals surface area contributed by atoms with E-state index in [1.807, 2.05) is 6.07 Å². The lowest BCUT2D eigenvalue weighted by molar-refractivity contribution is 0.101. The molecule has 2 N–H and O–H groups in total. The third-order valence-electron chi connectivity index (χ3n) is 1.99. The van der Waals surface area contributed by atoms with Gasteiger partial charge in [0, 0.05) is 17.8 Å². The van der Waals surface area contributed by atoms with Crippen LogP contribution < -0.4 is 5.32 Å². The third kappa shape index (κ3) is 3.90. The highest BCUT2D eigenvalue weighted by atomic mass is 35.5. The fourth-order valence-electron chi connectivity index (χ4n) is 1.14. The Labute approximate surface area is 94.1 Å². The van der Waals surface area contributed by atoms with Crippen molar-refractivity contribution in [2.75, 3.05) is 17.7 Å². The summed E-state index contributed by atoms with van der Waals surface area (Å²) < 4.78 is 0. The van der Waals surface area contributed by atoms with E-state index in [4.69, 9.17) is 11.6 Å². The molecule has 1 rings (SSSR count). The van der Waals surface area contributed by atoms with Gasteiger partial charge in [-0.05, 0) is 19.1 Å². The van der Waals surface area contributed by atoms with Gasteiger partial charge in [-0.25, -0.2) is 0 Å². The summed E-state index contributed by atoms with van der Waals surface area (Å²) in [4.78, 5) is 11.1. The van der Waals surface area contributed by atoms with Crippen molar-refractivity contribution in [3.63, 3.8) is 0 Å². The zero-order chi connectivity index (χ0) is 11.3. The number of benzene rings is 1. The lowest BCUT2D eigenvalue weighted by atomic mass is 10.1.